The van der Waals surface area contributed by atoms with Crippen molar-refractivity contribution >= 4 is 50.7 Å². The second-order valence-corrected chi connectivity index (χ2v) is 9.89. The summed E-state index contributed by atoms with van der Waals surface area (Å²) in [7, 11) is -3.03. The molecular formula is C15H19Cl2NO3S2. The Morgan fingerprint density at radius 3 is 2.48 bits per heavy atom. The molecule has 8 heteroatoms. The van der Waals surface area contributed by atoms with Crippen LogP contribution in [0.3, 0.4) is 0 Å². The predicted molar refractivity (Wildman–Crippen MR) is 96.2 cm³/mol. The van der Waals surface area contributed by atoms with Crippen molar-refractivity contribution in [3.05, 3.63) is 28.2 Å². The molecular weight excluding hydrogens is 377 g/mol. The molecule has 0 aromatic heterocycles. The third kappa shape index (κ3) is 4.56. The Labute approximate surface area is 151 Å². The fourth-order valence-electron chi connectivity index (χ4n) is 2.67. The summed E-state index contributed by atoms with van der Waals surface area (Å²) in [4.78, 5) is 15.1. The Hall–Kier alpha value is -0.430. The van der Waals surface area contributed by atoms with E-state index in [2.05, 4.69) is 0 Å². The summed E-state index contributed by atoms with van der Waals surface area (Å²) in [5.74, 6) is 0.117. The van der Waals surface area contributed by atoms with Gasteiger partial charge in [-0.1, -0.05) is 29.3 Å². The lowest BCUT2D eigenvalue weighted by Gasteiger charge is -2.29. The van der Waals surface area contributed by atoms with Crippen LogP contribution in [0, 0.1) is 0 Å². The highest BCUT2D eigenvalue weighted by molar-refractivity contribution is 8.00. The van der Waals surface area contributed by atoms with Crippen LogP contribution in [0.1, 0.15) is 20.3 Å². The number of nitrogens with zero attached hydrogens (tertiary/aromatic N) is 1. The first-order valence-corrected chi connectivity index (χ1v) is 10.8. The summed E-state index contributed by atoms with van der Waals surface area (Å²) in [5.41, 5.74) is 0. The topological polar surface area (TPSA) is 54.5 Å². The van der Waals surface area contributed by atoms with Crippen molar-refractivity contribution in [2.24, 2.45) is 0 Å². The normalized spacial score (nSPS) is 21.1. The minimum absolute atomic E-state index is 0.0524. The van der Waals surface area contributed by atoms with E-state index >= 15 is 0 Å². The van der Waals surface area contributed by atoms with Gasteiger partial charge in [-0.25, -0.2) is 8.42 Å². The van der Waals surface area contributed by atoms with Gasteiger partial charge in [-0.2, -0.15) is 0 Å². The highest BCUT2D eigenvalue weighted by Gasteiger charge is 2.35. The number of hydrogen-bond donors (Lipinski definition) is 0. The third-order valence-corrected chi connectivity index (χ3v) is 7.67. The number of carbonyl (C=O) groups excluding carboxylic acids is 1. The van der Waals surface area contributed by atoms with E-state index < -0.39 is 15.1 Å². The van der Waals surface area contributed by atoms with E-state index in [1.807, 2.05) is 6.92 Å². The molecule has 1 aromatic carbocycles. The number of hydrogen-bond acceptors (Lipinski definition) is 4. The summed E-state index contributed by atoms with van der Waals surface area (Å²) in [6.07, 6.45) is 0.506. The molecule has 0 saturated carbocycles. The van der Waals surface area contributed by atoms with Gasteiger partial charge in [-0.15, -0.1) is 11.8 Å². The van der Waals surface area contributed by atoms with Gasteiger partial charge in [0.15, 0.2) is 9.84 Å². The largest absolute Gasteiger partial charge is 0.338 e. The second kappa shape index (κ2) is 7.64. The molecule has 0 radical (unpaired) electrons. The monoisotopic (exact) mass is 395 g/mol. The molecule has 0 N–H and O–H groups in total. The number of sulfone groups is 1. The van der Waals surface area contributed by atoms with Crippen LogP contribution in [0.2, 0.25) is 10.0 Å². The first kappa shape index (κ1) is 18.9. The molecule has 1 aliphatic heterocycles. The van der Waals surface area contributed by atoms with E-state index in [1.54, 1.807) is 30.0 Å². The number of halogens is 2. The van der Waals surface area contributed by atoms with Crippen molar-refractivity contribution in [2.75, 3.05) is 18.1 Å². The zero-order valence-electron chi connectivity index (χ0n) is 13.0. The van der Waals surface area contributed by atoms with Crippen LogP contribution < -0.4 is 0 Å². The number of thioether (sulfide) groups is 1. The molecule has 128 valence electrons. The molecule has 4 nitrogen and oxygen atoms in total. The summed E-state index contributed by atoms with van der Waals surface area (Å²) < 4.78 is 23.3. The first-order chi connectivity index (χ1) is 10.7. The quantitative estimate of drug-likeness (QED) is 0.715. The summed E-state index contributed by atoms with van der Waals surface area (Å²) >= 11 is 13.6. The predicted octanol–water partition coefficient (Wildman–Crippen LogP) is 3.51. The molecule has 1 fully saturated rings. The van der Waals surface area contributed by atoms with Gasteiger partial charge in [0.1, 0.15) is 0 Å². The molecule has 0 bridgehead atoms. The molecule has 2 rings (SSSR count). The van der Waals surface area contributed by atoms with Gasteiger partial charge < -0.3 is 4.90 Å². The Balaban J connectivity index is 2.12. The molecule has 1 saturated heterocycles. The van der Waals surface area contributed by atoms with Crippen LogP contribution >= 0.6 is 35.0 Å². The van der Waals surface area contributed by atoms with Gasteiger partial charge in [-0.05, 0) is 32.4 Å². The number of amides is 1. The van der Waals surface area contributed by atoms with E-state index in [0.29, 0.717) is 27.9 Å². The van der Waals surface area contributed by atoms with Crippen LogP contribution in [-0.4, -0.2) is 48.6 Å². The van der Waals surface area contributed by atoms with Crippen LogP contribution in [0.15, 0.2) is 23.1 Å². The van der Waals surface area contributed by atoms with Crippen molar-refractivity contribution in [3.63, 3.8) is 0 Å². The molecule has 1 aromatic rings. The van der Waals surface area contributed by atoms with Crippen LogP contribution in [0.5, 0.6) is 0 Å². The zero-order chi connectivity index (χ0) is 17.2. The van der Waals surface area contributed by atoms with Gasteiger partial charge in [0, 0.05) is 17.5 Å². The number of carbonyl (C=O) groups is 1. The fraction of sp³-hybridized carbons (Fsp3) is 0.533. The van der Waals surface area contributed by atoms with E-state index in [-0.39, 0.29) is 23.5 Å². The zero-order valence-corrected chi connectivity index (χ0v) is 16.1. The van der Waals surface area contributed by atoms with Crippen molar-refractivity contribution in [3.8, 4) is 0 Å². The van der Waals surface area contributed by atoms with Gasteiger partial charge >= 0.3 is 0 Å². The molecule has 1 aliphatic rings. The fourth-order valence-corrected chi connectivity index (χ4v) is 6.02. The maximum atomic E-state index is 12.7. The highest BCUT2D eigenvalue weighted by Crippen LogP contribution is 2.37. The Kier molecular flexibility index (Phi) is 6.28. The molecule has 1 amide bonds. The standard InChI is InChI=1S/C15H19Cl2NO3S2/c1-3-18(11-7-8-23(20,21)9-11)15(19)10(2)22-14-12(16)5-4-6-13(14)17/h4-6,10-11H,3,7-9H2,1-2H3/t10-,11+/m1/s1. The van der Waals surface area contributed by atoms with Crippen LogP contribution in [0.25, 0.3) is 0 Å². The third-order valence-electron chi connectivity index (χ3n) is 3.83. The Morgan fingerprint density at radius 2 is 2.00 bits per heavy atom. The smallest absolute Gasteiger partial charge is 0.236 e. The van der Waals surface area contributed by atoms with Crippen molar-refractivity contribution in [1.29, 1.82) is 0 Å². The van der Waals surface area contributed by atoms with Crippen molar-refractivity contribution in [2.45, 2.75) is 36.5 Å². The molecule has 0 aliphatic carbocycles. The van der Waals surface area contributed by atoms with E-state index in [9.17, 15) is 13.2 Å². The Morgan fingerprint density at radius 1 is 1.39 bits per heavy atom. The molecule has 0 spiro atoms. The minimum Gasteiger partial charge on any atom is -0.338 e. The van der Waals surface area contributed by atoms with Crippen LogP contribution in [-0.2, 0) is 14.6 Å². The molecule has 23 heavy (non-hydrogen) atoms. The lowest BCUT2D eigenvalue weighted by Crippen LogP contribution is -2.44. The van der Waals surface area contributed by atoms with E-state index in [1.165, 1.54) is 11.8 Å². The minimum atomic E-state index is -3.03. The average molecular weight is 396 g/mol. The maximum Gasteiger partial charge on any atom is 0.236 e. The summed E-state index contributed by atoms with van der Waals surface area (Å²) in [6.45, 7) is 4.14. The summed E-state index contributed by atoms with van der Waals surface area (Å²) in [5, 5.41) is 0.623. The molecule has 2 atom stereocenters. The summed E-state index contributed by atoms with van der Waals surface area (Å²) in [6, 6.07) is 4.98. The van der Waals surface area contributed by atoms with Crippen molar-refractivity contribution in [1.82, 2.24) is 4.90 Å². The van der Waals surface area contributed by atoms with E-state index in [0.717, 1.165) is 0 Å². The Bertz CT molecular complexity index is 674. The van der Waals surface area contributed by atoms with E-state index in [4.69, 9.17) is 23.2 Å². The molecule has 0 unspecified atom stereocenters. The van der Waals surface area contributed by atoms with Crippen molar-refractivity contribution < 1.29 is 13.2 Å². The average Bonchev–Trinajstić information content (AvgIpc) is 2.83. The SMILES string of the molecule is CCN(C(=O)[C@@H](C)Sc1c(Cl)cccc1Cl)[C@H]1CCS(=O)(=O)C1. The maximum absolute atomic E-state index is 12.7. The lowest BCUT2D eigenvalue weighted by molar-refractivity contribution is -0.131. The second-order valence-electron chi connectivity index (χ2n) is 5.49. The molecule has 1 heterocycles. The van der Waals surface area contributed by atoms with Gasteiger partial charge in [0.25, 0.3) is 0 Å². The number of benzene rings is 1. The van der Waals surface area contributed by atoms with Gasteiger partial charge in [-0.3, -0.25) is 4.79 Å². The first-order valence-electron chi connectivity index (χ1n) is 7.36. The number of rotatable bonds is 5. The highest BCUT2D eigenvalue weighted by atomic mass is 35.5. The van der Waals surface area contributed by atoms with Gasteiger partial charge in [0.05, 0.1) is 26.8 Å². The van der Waals surface area contributed by atoms with Crippen LogP contribution in [0.4, 0.5) is 0 Å². The van der Waals surface area contributed by atoms with Gasteiger partial charge in [0.2, 0.25) is 5.91 Å². The lowest BCUT2D eigenvalue weighted by atomic mass is 10.2.